The SMILES string of the molecule is NNc1nc(Nc2cncc(Br)c2)c2cn[nH]c2n1. The summed E-state index contributed by atoms with van der Waals surface area (Å²) < 4.78 is 0.868. The lowest BCUT2D eigenvalue weighted by molar-refractivity contribution is 1.08. The van der Waals surface area contributed by atoms with Crippen LogP contribution in [0, 0.1) is 0 Å². The molecule has 9 heteroatoms. The number of nitrogen functional groups attached to an aromatic ring is 1. The number of nitrogens with two attached hydrogens (primary N) is 1. The van der Waals surface area contributed by atoms with Crippen molar-refractivity contribution in [3.05, 3.63) is 29.1 Å². The van der Waals surface area contributed by atoms with Crippen LogP contribution in [0.1, 0.15) is 0 Å². The molecule has 3 rings (SSSR count). The summed E-state index contributed by atoms with van der Waals surface area (Å²) in [6, 6.07) is 1.89. The summed E-state index contributed by atoms with van der Waals surface area (Å²) in [5.41, 5.74) is 3.79. The molecule has 0 aliphatic carbocycles. The number of anilines is 3. The third-order valence-electron chi connectivity index (χ3n) is 2.41. The Balaban J connectivity index is 2.06. The number of pyridine rings is 1. The Kier molecular flexibility index (Phi) is 2.97. The summed E-state index contributed by atoms with van der Waals surface area (Å²) in [4.78, 5) is 12.5. The van der Waals surface area contributed by atoms with Crippen molar-refractivity contribution in [3.8, 4) is 0 Å². The molecule has 0 spiro atoms. The lowest BCUT2D eigenvalue weighted by Gasteiger charge is -2.07. The Bertz CT molecular complexity index is 724. The van der Waals surface area contributed by atoms with Crippen molar-refractivity contribution >= 4 is 44.4 Å². The van der Waals surface area contributed by atoms with Gasteiger partial charge in [0.1, 0.15) is 5.82 Å². The van der Waals surface area contributed by atoms with Gasteiger partial charge in [0, 0.05) is 10.7 Å². The first-order valence-corrected chi connectivity index (χ1v) is 6.11. The van der Waals surface area contributed by atoms with Crippen LogP contribution in [0.4, 0.5) is 17.5 Å². The number of fused-ring (bicyclic) bond motifs is 1. The molecule has 3 aromatic rings. The third-order valence-corrected chi connectivity index (χ3v) is 2.84. The van der Waals surface area contributed by atoms with E-state index in [-0.39, 0.29) is 0 Å². The monoisotopic (exact) mass is 320 g/mol. The number of rotatable bonds is 3. The average molecular weight is 321 g/mol. The maximum Gasteiger partial charge on any atom is 0.241 e. The zero-order valence-corrected chi connectivity index (χ0v) is 11.1. The molecular weight excluding hydrogens is 312 g/mol. The van der Waals surface area contributed by atoms with Crippen LogP contribution in [-0.2, 0) is 0 Å². The third kappa shape index (κ3) is 2.33. The van der Waals surface area contributed by atoms with Gasteiger partial charge in [-0.05, 0) is 22.0 Å². The zero-order chi connectivity index (χ0) is 13.2. The molecule has 0 saturated heterocycles. The number of aromatic nitrogens is 5. The number of hydrogen-bond donors (Lipinski definition) is 4. The van der Waals surface area contributed by atoms with Gasteiger partial charge in [0.2, 0.25) is 5.95 Å². The van der Waals surface area contributed by atoms with Crippen molar-refractivity contribution in [2.45, 2.75) is 0 Å². The average Bonchev–Trinajstić information content (AvgIpc) is 2.87. The van der Waals surface area contributed by atoms with Crippen LogP contribution in [0.5, 0.6) is 0 Å². The van der Waals surface area contributed by atoms with Crippen molar-refractivity contribution in [1.82, 2.24) is 25.1 Å². The molecule has 0 amide bonds. The molecule has 5 N–H and O–H groups in total. The van der Waals surface area contributed by atoms with E-state index in [1.54, 1.807) is 18.6 Å². The maximum absolute atomic E-state index is 5.34. The van der Waals surface area contributed by atoms with E-state index in [9.17, 15) is 0 Å². The summed E-state index contributed by atoms with van der Waals surface area (Å²) in [7, 11) is 0. The second-order valence-electron chi connectivity index (χ2n) is 3.69. The van der Waals surface area contributed by atoms with E-state index in [2.05, 4.69) is 51.8 Å². The summed E-state index contributed by atoms with van der Waals surface area (Å²) in [6.07, 6.45) is 5.03. The Morgan fingerprint density at radius 3 is 2.89 bits per heavy atom. The highest BCUT2D eigenvalue weighted by atomic mass is 79.9. The van der Waals surface area contributed by atoms with Gasteiger partial charge in [-0.2, -0.15) is 15.1 Å². The summed E-state index contributed by atoms with van der Waals surface area (Å²) >= 11 is 3.36. The molecule has 8 nitrogen and oxygen atoms in total. The van der Waals surface area contributed by atoms with E-state index in [1.807, 2.05) is 6.07 Å². The van der Waals surface area contributed by atoms with Crippen LogP contribution in [0.2, 0.25) is 0 Å². The van der Waals surface area contributed by atoms with Crippen LogP contribution >= 0.6 is 15.9 Å². The van der Waals surface area contributed by atoms with Gasteiger partial charge >= 0.3 is 0 Å². The van der Waals surface area contributed by atoms with E-state index in [4.69, 9.17) is 5.84 Å². The largest absolute Gasteiger partial charge is 0.338 e. The lowest BCUT2D eigenvalue weighted by Crippen LogP contribution is -2.11. The molecule has 0 aliphatic rings. The minimum absolute atomic E-state index is 0.294. The first-order chi connectivity index (χ1) is 9.26. The van der Waals surface area contributed by atoms with E-state index in [1.165, 1.54) is 0 Å². The predicted octanol–water partition coefficient (Wildman–Crippen LogP) is 1.54. The van der Waals surface area contributed by atoms with E-state index >= 15 is 0 Å². The number of hydrogen-bond acceptors (Lipinski definition) is 7. The molecule has 0 unspecified atom stereocenters. The number of halogens is 1. The van der Waals surface area contributed by atoms with Gasteiger partial charge in [0.15, 0.2) is 5.65 Å². The molecule has 0 radical (unpaired) electrons. The van der Waals surface area contributed by atoms with Crippen LogP contribution in [0.3, 0.4) is 0 Å². The van der Waals surface area contributed by atoms with E-state index in [0.29, 0.717) is 17.4 Å². The molecule has 0 aromatic carbocycles. The van der Waals surface area contributed by atoms with Gasteiger partial charge in [-0.25, -0.2) is 5.84 Å². The van der Waals surface area contributed by atoms with Gasteiger partial charge in [-0.3, -0.25) is 15.5 Å². The number of aromatic amines is 1. The Morgan fingerprint density at radius 2 is 2.11 bits per heavy atom. The summed E-state index contributed by atoms with van der Waals surface area (Å²) in [5.74, 6) is 6.22. The number of H-pyrrole nitrogens is 1. The van der Waals surface area contributed by atoms with Crippen LogP contribution in [0.25, 0.3) is 11.0 Å². The number of nitrogens with one attached hydrogen (secondary N) is 3. The Hall–Kier alpha value is -2.26. The minimum Gasteiger partial charge on any atom is -0.338 e. The molecule has 19 heavy (non-hydrogen) atoms. The smallest absolute Gasteiger partial charge is 0.241 e. The quantitative estimate of drug-likeness (QED) is 0.427. The molecule has 0 saturated carbocycles. The van der Waals surface area contributed by atoms with Gasteiger partial charge < -0.3 is 5.32 Å². The second kappa shape index (κ2) is 4.78. The predicted molar refractivity (Wildman–Crippen MR) is 74.7 cm³/mol. The first-order valence-electron chi connectivity index (χ1n) is 5.31. The fourth-order valence-electron chi connectivity index (χ4n) is 1.61. The summed E-state index contributed by atoms with van der Waals surface area (Å²) in [6.45, 7) is 0. The van der Waals surface area contributed by atoms with Gasteiger partial charge in [0.05, 0.1) is 23.5 Å². The van der Waals surface area contributed by atoms with Crippen LogP contribution < -0.4 is 16.6 Å². The number of nitrogens with zero attached hydrogens (tertiary/aromatic N) is 4. The number of hydrazine groups is 1. The molecule has 3 aromatic heterocycles. The van der Waals surface area contributed by atoms with Crippen molar-refractivity contribution < 1.29 is 0 Å². The molecular formula is C10H9BrN8. The van der Waals surface area contributed by atoms with E-state index < -0.39 is 0 Å². The van der Waals surface area contributed by atoms with Gasteiger partial charge in [-0.1, -0.05) is 0 Å². The second-order valence-corrected chi connectivity index (χ2v) is 4.60. The fourth-order valence-corrected chi connectivity index (χ4v) is 1.98. The lowest BCUT2D eigenvalue weighted by atomic mass is 10.3. The molecule has 0 bridgehead atoms. The molecule has 0 aliphatic heterocycles. The standard InChI is InChI=1S/C10H9BrN8/c11-5-1-6(3-13-2-5)15-8-7-4-14-19-9(7)17-10(16-8)18-12/h1-4H,12H2,(H3,14,15,16,17,18,19). The Labute approximate surface area is 116 Å². The van der Waals surface area contributed by atoms with Crippen molar-refractivity contribution in [2.24, 2.45) is 5.84 Å². The molecule has 0 fully saturated rings. The first kappa shape index (κ1) is 11.8. The Morgan fingerprint density at radius 1 is 1.21 bits per heavy atom. The zero-order valence-electron chi connectivity index (χ0n) is 9.55. The van der Waals surface area contributed by atoms with Crippen molar-refractivity contribution in [1.29, 1.82) is 0 Å². The maximum atomic E-state index is 5.34. The topological polar surface area (TPSA) is 117 Å². The van der Waals surface area contributed by atoms with Crippen molar-refractivity contribution in [3.63, 3.8) is 0 Å². The van der Waals surface area contributed by atoms with Gasteiger partial charge in [-0.15, -0.1) is 0 Å². The normalized spacial score (nSPS) is 10.6. The molecule has 96 valence electrons. The highest BCUT2D eigenvalue weighted by Crippen LogP contribution is 2.24. The minimum atomic E-state index is 0.294. The van der Waals surface area contributed by atoms with Crippen LogP contribution in [0.15, 0.2) is 29.1 Å². The van der Waals surface area contributed by atoms with Crippen molar-refractivity contribution in [2.75, 3.05) is 10.7 Å². The van der Waals surface area contributed by atoms with Gasteiger partial charge in [0.25, 0.3) is 0 Å². The highest BCUT2D eigenvalue weighted by Gasteiger charge is 2.09. The van der Waals surface area contributed by atoms with E-state index in [0.717, 1.165) is 15.5 Å². The highest BCUT2D eigenvalue weighted by molar-refractivity contribution is 9.10. The van der Waals surface area contributed by atoms with Crippen LogP contribution in [-0.4, -0.2) is 25.1 Å². The molecule has 3 heterocycles. The fraction of sp³-hybridized carbons (Fsp3) is 0. The summed E-state index contributed by atoms with van der Waals surface area (Å²) in [5, 5.41) is 10.6. The molecule has 0 atom stereocenters.